The minimum atomic E-state index is 0.508. The summed E-state index contributed by atoms with van der Waals surface area (Å²) in [6, 6.07) is 7.81. The fourth-order valence-electron chi connectivity index (χ4n) is 1.79. The van der Waals surface area contributed by atoms with E-state index in [9.17, 15) is 0 Å². The predicted molar refractivity (Wildman–Crippen MR) is 60.9 cm³/mol. The molecule has 0 amide bonds. The first-order valence-electron chi connectivity index (χ1n) is 5.10. The number of nitrogens with zero attached hydrogens (tertiary/aromatic N) is 4. The molecular weight excluding hydrogens is 202 g/mol. The summed E-state index contributed by atoms with van der Waals surface area (Å²) in [6.45, 7) is 2.45. The lowest BCUT2D eigenvalue weighted by molar-refractivity contribution is 0.923. The van der Waals surface area contributed by atoms with Gasteiger partial charge in [-0.05, 0) is 24.6 Å². The molecule has 0 atom stereocenters. The summed E-state index contributed by atoms with van der Waals surface area (Å²) in [5, 5.41) is 12.7. The van der Waals surface area contributed by atoms with Gasteiger partial charge in [-0.25, -0.2) is 4.52 Å². The Bertz CT molecular complexity index is 670. The maximum absolute atomic E-state index is 5.59. The van der Waals surface area contributed by atoms with E-state index in [4.69, 9.17) is 5.73 Å². The molecule has 0 spiro atoms. The summed E-state index contributed by atoms with van der Waals surface area (Å²) < 4.78 is 1.80. The lowest BCUT2D eigenvalue weighted by Crippen LogP contribution is -2.00. The zero-order valence-electron chi connectivity index (χ0n) is 8.88. The third kappa shape index (κ3) is 1.25. The van der Waals surface area contributed by atoms with Crippen molar-refractivity contribution in [1.29, 1.82) is 0 Å². The normalized spacial score (nSPS) is 11.4. The predicted octanol–water partition coefficient (Wildman–Crippen LogP) is 1.04. The first-order chi connectivity index (χ1) is 7.78. The van der Waals surface area contributed by atoms with Gasteiger partial charge in [0.2, 0.25) is 0 Å². The molecule has 1 aromatic carbocycles. The average Bonchev–Trinajstić information content (AvgIpc) is 2.69. The Morgan fingerprint density at radius 2 is 2.12 bits per heavy atom. The largest absolute Gasteiger partial charge is 0.326 e. The van der Waals surface area contributed by atoms with Crippen LogP contribution >= 0.6 is 0 Å². The van der Waals surface area contributed by atoms with E-state index >= 15 is 0 Å². The Hall–Kier alpha value is -2.01. The molecule has 0 unspecified atom stereocenters. The van der Waals surface area contributed by atoms with Crippen LogP contribution in [0.5, 0.6) is 0 Å². The van der Waals surface area contributed by atoms with Crippen LogP contribution in [-0.2, 0) is 6.54 Å². The second kappa shape index (κ2) is 3.24. The second-order valence-corrected chi connectivity index (χ2v) is 3.78. The molecule has 2 heterocycles. The van der Waals surface area contributed by atoms with Crippen LogP contribution in [0.25, 0.3) is 16.7 Å². The molecule has 0 aliphatic rings. The Morgan fingerprint density at radius 1 is 1.25 bits per heavy atom. The van der Waals surface area contributed by atoms with E-state index < -0.39 is 0 Å². The summed E-state index contributed by atoms with van der Waals surface area (Å²) in [5.41, 5.74) is 10.1. The van der Waals surface area contributed by atoms with Crippen molar-refractivity contribution < 1.29 is 0 Å². The van der Waals surface area contributed by atoms with Crippen LogP contribution < -0.4 is 5.73 Å². The van der Waals surface area contributed by atoms with Gasteiger partial charge in [0, 0.05) is 12.6 Å². The molecule has 0 saturated heterocycles. The minimum Gasteiger partial charge on any atom is -0.326 e. The van der Waals surface area contributed by atoms with Crippen LogP contribution in [0.4, 0.5) is 0 Å². The molecular formula is C11H11N5. The number of fused-ring (bicyclic) bond motifs is 3. The molecule has 5 nitrogen and oxygen atoms in total. The highest BCUT2D eigenvalue weighted by Crippen LogP contribution is 2.14. The molecule has 2 N–H and O–H groups in total. The standard InChI is InChI=1S/C11H11N5/c1-7-4-11-14-13-9-5-8(6-12)2-3-10(9)16(11)15-7/h2-5H,6,12H2,1H3. The van der Waals surface area contributed by atoms with Crippen LogP contribution in [0.1, 0.15) is 11.3 Å². The maximum atomic E-state index is 5.59. The Labute approximate surface area is 91.9 Å². The van der Waals surface area contributed by atoms with Crippen molar-refractivity contribution in [3.8, 4) is 0 Å². The van der Waals surface area contributed by atoms with Gasteiger partial charge in [-0.15, -0.1) is 10.2 Å². The topological polar surface area (TPSA) is 69.1 Å². The highest BCUT2D eigenvalue weighted by atomic mass is 15.3. The van der Waals surface area contributed by atoms with Crippen molar-refractivity contribution in [2.45, 2.75) is 13.5 Å². The number of hydrogen-bond donors (Lipinski definition) is 1. The maximum Gasteiger partial charge on any atom is 0.178 e. The third-order valence-corrected chi connectivity index (χ3v) is 2.58. The number of aromatic nitrogens is 4. The fourth-order valence-corrected chi connectivity index (χ4v) is 1.79. The molecule has 80 valence electrons. The molecule has 0 aliphatic heterocycles. The van der Waals surface area contributed by atoms with E-state index in [1.807, 2.05) is 31.2 Å². The van der Waals surface area contributed by atoms with E-state index in [2.05, 4.69) is 15.3 Å². The summed E-state index contributed by atoms with van der Waals surface area (Å²) >= 11 is 0. The molecule has 16 heavy (non-hydrogen) atoms. The van der Waals surface area contributed by atoms with Gasteiger partial charge in [-0.2, -0.15) is 5.10 Å². The molecule has 0 saturated carbocycles. The van der Waals surface area contributed by atoms with Crippen molar-refractivity contribution in [3.05, 3.63) is 35.5 Å². The van der Waals surface area contributed by atoms with Gasteiger partial charge in [0.25, 0.3) is 0 Å². The first-order valence-corrected chi connectivity index (χ1v) is 5.10. The summed E-state index contributed by atoms with van der Waals surface area (Å²) in [5.74, 6) is 0. The van der Waals surface area contributed by atoms with E-state index in [-0.39, 0.29) is 0 Å². The van der Waals surface area contributed by atoms with Crippen molar-refractivity contribution in [2.75, 3.05) is 0 Å². The van der Waals surface area contributed by atoms with Gasteiger partial charge in [-0.1, -0.05) is 6.07 Å². The number of rotatable bonds is 1. The number of benzene rings is 1. The monoisotopic (exact) mass is 213 g/mol. The van der Waals surface area contributed by atoms with Crippen LogP contribution in [0.15, 0.2) is 24.3 Å². The number of hydrogen-bond acceptors (Lipinski definition) is 4. The van der Waals surface area contributed by atoms with Crippen molar-refractivity contribution in [3.63, 3.8) is 0 Å². The molecule has 0 radical (unpaired) electrons. The molecule has 0 aliphatic carbocycles. The lowest BCUT2D eigenvalue weighted by atomic mass is 10.2. The smallest absolute Gasteiger partial charge is 0.178 e. The molecule has 3 aromatic rings. The van der Waals surface area contributed by atoms with Gasteiger partial charge in [-0.3, -0.25) is 0 Å². The zero-order chi connectivity index (χ0) is 11.1. The van der Waals surface area contributed by atoms with Gasteiger partial charge in [0.15, 0.2) is 5.65 Å². The summed E-state index contributed by atoms with van der Waals surface area (Å²) in [7, 11) is 0. The number of nitrogens with two attached hydrogens (primary N) is 1. The van der Waals surface area contributed by atoms with Crippen LogP contribution in [0.2, 0.25) is 0 Å². The molecule has 3 rings (SSSR count). The van der Waals surface area contributed by atoms with E-state index in [1.54, 1.807) is 4.52 Å². The molecule has 0 fully saturated rings. The van der Waals surface area contributed by atoms with Gasteiger partial charge >= 0.3 is 0 Å². The SMILES string of the molecule is Cc1cc2nnc3cc(CN)ccc3n2n1. The first kappa shape index (κ1) is 9.23. The highest BCUT2D eigenvalue weighted by Gasteiger charge is 2.05. The highest BCUT2D eigenvalue weighted by molar-refractivity contribution is 5.76. The second-order valence-electron chi connectivity index (χ2n) is 3.78. The van der Waals surface area contributed by atoms with Crippen molar-refractivity contribution >= 4 is 16.7 Å². The third-order valence-electron chi connectivity index (χ3n) is 2.58. The molecule has 2 aromatic heterocycles. The quantitative estimate of drug-likeness (QED) is 0.655. The van der Waals surface area contributed by atoms with Gasteiger partial charge in [0.05, 0.1) is 11.2 Å². The van der Waals surface area contributed by atoms with Crippen molar-refractivity contribution in [2.24, 2.45) is 5.73 Å². The summed E-state index contributed by atoms with van der Waals surface area (Å²) in [6.07, 6.45) is 0. The zero-order valence-corrected chi connectivity index (χ0v) is 8.88. The lowest BCUT2D eigenvalue weighted by Gasteiger charge is -2.01. The van der Waals surface area contributed by atoms with Crippen LogP contribution in [0.3, 0.4) is 0 Å². The minimum absolute atomic E-state index is 0.508. The molecule has 5 heteroatoms. The van der Waals surface area contributed by atoms with Gasteiger partial charge in [0.1, 0.15) is 5.52 Å². The summed E-state index contributed by atoms with van der Waals surface area (Å²) in [4.78, 5) is 0. The Morgan fingerprint density at radius 3 is 2.94 bits per heavy atom. The van der Waals surface area contributed by atoms with E-state index in [1.165, 1.54) is 0 Å². The van der Waals surface area contributed by atoms with Crippen LogP contribution in [-0.4, -0.2) is 19.8 Å². The fraction of sp³-hybridized carbons (Fsp3) is 0.182. The van der Waals surface area contributed by atoms with Crippen molar-refractivity contribution in [1.82, 2.24) is 19.8 Å². The van der Waals surface area contributed by atoms with Gasteiger partial charge < -0.3 is 5.73 Å². The molecule has 0 bridgehead atoms. The van der Waals surface area contributed by atoms with E-state index in [0.717, 1.165) is 27.9 Å². The average molecular weight is 213 g/mol. The van der Waals surface area contributed by atoms with Crippen LogP contribution in [0, 0.1) is 6.92 Å². The Kier molecular flexibility index (Phi) is 1.87. The van der Waals surface area contributed by atoms with E-state index in [0.29, 0.717) is 6.54 Å². The number of aryl methyl sites for hydroxylation is 1. The Balaban J connectivity index is 2.42.